The Morgan fingerprint density at radius 1 is 1.14 bits per heavy atom. The highest BCUT2D eigenvalue weighted by atomic mass is 35.5. The van der Waals surface area contributed by atoms with Crippen LogP contribution in [0.15, 0.2) is 48.8 Å². The molecule has 0 bridgehead atoms. The molecule has 3 aromatic rings. The second-order valence-electron chi connectivity index (χ2n) is 6.88. The first-order chi connectivity index (χ1) is 13.7. The van der Waals surface area contributed by atoms with Crippen LogP contribution in [0.1, 0.15) is 41.6 Å². The minimum Gasteiger partial charge on any atom is -0.474 e. The molecule has 0 atom stereocenters. The molecule has 1 aliphatic rings. The fourth-order valence-electron chi connectivity index (χ4n) is 3.33. The van der Waals surface area contributed by atoms with E-state index in [2.05, 4.69) is 20.5 Å². The maximum absolute atomic E-state index is 12.6. The van der Waals surface area contributed by atoms with Crippen LogP contribution in [0.3, 0.4) is 0 Å². The van der Waals surface area contributed by atoms with Crippen LogP contribution in [0, 0.1) is 0 Å². The van der Waals surface area contributed by atoms with Crippen molar-refractivity contribution < 1.29 is 9.53 Å². The van der Waals surface area contributed by atoms with Crippen LogP contribution in [0.4, 0.5) is 0 Å². The van der Waals surface area contributed by atoms with Gasteiger partial charge >= 0.3 is 0 Å². The first-order valence-corrected chi connectivity index (χ1v) is 9.76. The van der Waals surface area contributed by atoms with Crippen molar-refractivity contribution in [2.75, 3.05) is 0 Å². The molecule has 1 aromatic carbocycles. The van der Waals surface area contributed by atoms with E-state index in [1.54, 1.807) is 18.3 Å². The van der Waals surface area contributed by atoms with E-state index >= 15 is 0 Å². The lowest BCUT2D eigenvalue weighted by Crippen LogP contribution is -2.23. The summed E-state index contributed by atoms with van der Waals surface area (Å²) >= 11 is 5.93. The fourth-order valence-corrected chi connectivity index (χ4v) is 3.46. The smallest absolute Gasteiger partial charge is 0.255 e. The molecule has 2 heterocycles. The predicted octanol–water partition coefficient (Wildman–Crippen LogP) is 4.38. The van der Waals surface area contributed by atoms with Crippen molar-refractivity contribution in [3.8, 4) is 17.1 Å². The lowest BCUT2D eigenvalue weighted by Gasteiger charge is -2.12. The monoisotopic (exact) mass is 396 g/mol. The van der Waals surface area contributed by atoms with Gasteiger partial charge in [0.15, 0.2) is 0 Å². The predicted molar refractivity (Wildman–Crippen MR) is 107 cm³/mol. The molecule has 1 fully saturated rings. The van der Waals surface area contributed by atoms with Gasteiger partial charge in [-0.05, 0) is 43.4 Å². The highest BCUT2D eigenvalue weighted by Gasteiger charge is 2.17. The van der Waals surface area contributed by atoms with E-state index < -0.39 is 0 Å². The van der Waals surface area contributed by atoms with Crippen LogP contribution < -0.4 is 10.1 Å². The zero-order valence-corrected chi connectivity index (χ0v) is 16.1. The van der Waals surface area contributed by atoms with Crippen molar-refractivity contribution in [3.63, 3.8) is 0 Å². The van der Waals surface area contributed by atoms with Crippen molar-refractivity contribution >= 4 is 17.5 Å². The Morgan fingerprint density at radius 3 is 2.64 bits per heavy atom. The maximum Gasteiger partial charge on any atom is 0.255 e. The van der Waals surface area contributed by atoms with Crippen LogP contribution in [0.5, 0.6) is 5.88 Å². The third kappa shape index (κ3) is 4.34. The van der Waals surface area contributed by atoms with Crippen molar-refractivity contribution in [2.24, 2.45) is 0 Å². The molecule has 0 radical (unpaired) electrons. The maximum atomic E-state index is 12.6. The van der Waals surface area contributed by atoms with E-state index in [0.717, 1.165) is 24.0 Å². The number of carbonyl (C=O) groups is 1. The van der Waals surface area contributed by atoms with Gasteiger partial charge in [0.25, 0.3) is 5.91 Å². The number of nitrogens with zero attached hydrogens (tertiary/aromatic N) is 2. The summed E-state index contributed by atoms with van der Waals surface area (Å²) in [5.74, 6) is 0.437. The van der Waals surface area contributed by atoms with Gasteiger partial charge in [0.05, 0.1) is 17.5 Å². The summed E-state index contributed by atoms with van der Waals surface area (Å²) in [5, 5.41) is 10.4. The molecule has 6 nitrogen and oxygen atoms in total. The summed E-state index contributed by atoms with van der Waals surface area (Å²) in [6, 6.07) is 11.0. The number of H-pyrrole nitrogens is 1. The molecule has 1 amide bonds. The number of aromatic nitrogens is 3. The van der Waals surface area contributed by atoms with Crippen LogP contribution >= 0.6 is 11.6 Å². The Kier molecular flexibility index (Phi) is 5.58. The van der Waals surface area contributed by atoms with Gasteiger partial charge in [-0.25, -0.2) is 4.98 Å². The van der Waals surface area contributed by atoms with Gasteiger partial charge in [-0.2, -0.15) is 5.10 Å². The number of halogens is 1. The van der Waals surface area contributed by atoms with Gasteiger partial charge in [0, 0.05) is 29.4 Å². The average Bonchev–Trinajstić information content (AvgIpc) is 3.40. The second-order valence-corrected chi connectivity index (χ2v) is 7.31. The van der Waals surface area contributed by atoms with E-state index in [9.17, 15) is 4.79 Å². The Morgan fingerprint density at radius 2 is 1.93 bits per heavy atom. The number of hydrogen-bond donors (Lipinski definition) is 2. The zero-order valence-electron chi connectivity index (χ0n) is 15.3. The molecular formula is C21H21ClN4O2. The summed E-state index contributed by atoms with van der Waals surface area (Å²) in [4.78, 5) is 16.9. The van der Waals surface area contributed by atoms with E-state index in [0.29, 0.717) is 28.7 Å². The van der Waals surface area contributed by atoms with E-state index in [1.165, 1.54) is 19.0 Å². The van der Waals surface area contributed by atoms with Gasteiger partial charge in [-0.15, -0.1) is 0 Å². The first-order valence-electron chi connectivity index (χ1n) is 9.38. The van der Waals surface area contributed by atoms with Gasteiger partial charge < -0.3 is 10.1 Å². The third-order valence-electron chi connectivity index (χ3n) is 4.86. The summed E-state index contributed by atoms with van der Waals surface area (Å²) in [6.07, 6.45) is 8.18. The van der Waals surface area contributed by atoms with E-state index in [1.807, 2.05) is 24.3 Å². The molecule has 0 aliphatic heterocycles. The minimum absolute atomic E-state index is 0.204. The number of ether oxygens (including phenoxy) is 1. The lowest BCUT2D eigenvalue weighted by molar-refractivity contribution is 0.0951. The zero-order chi connectivity index (χ0) is 19.3. The molecule has 1 saturated carbocycles. The number of pyridine rings is 1. The van der Waals surface area contributed by atoms with Gasteiger partial charge in [-0.3, -0.25) is 9.89 Å². The number of hydrogen-bond acceptors (Lipinski definition) is 4. The molecule has 2 N–H and O–H groups in total. The molecule has 144 valence electrons. The first kappa shape index (κ1) is 18.5. The molecule has 0 spiro atoms. The van der Waals surface area contributed by atoms with Gasteiger partial charge in [0.1, 0.15) is 6.10 Å². The summed E-state index contributed by atoms with van der Waals surface area (Å²) in [7, 11) is 0. The van der Waals surface area contributed by atoms with Gasteiger partial charge in [-0.1, -0.05) is 29.8 Å². The summed E-state index contributed by atoms with van der Waals surface area (Å²) in [6.45, 7) is 0.376. The molecule has 1 aliphatic carbocycles. The van der Waals surface area contributed by atoms with Crippen LogP contribution in [-0.4, -0.2) is 27.2 Å². The number of aromatic amines is 1. The SMILES string of the molecule is O=C(NCc1ccc(OC2CCCC2)nc1)c1cn[nH]c1-c1ccc(Cl)cc1. The Labute approximate surface area is 168 Å². The van der Waals surface area contributed by atoms with Crippen molar-refractivity contribution in [1.29, 1.82) is 0 Å². The fraction of sp³-hybridized carbons (Fsp3) is 0.286. The Bertz CT molecular complexity index is 932. The number of amides is 1. The minimum atomic E-state index is -0.204. The van der Waals surface area contributed by atoms with Gasteiger partial charge in [0.2, 0.25) is 5.88 Å². The van der Waals surface area contributed by atoms with Crippen molar-refractivity contribution in [2.45, 2.75) is 38.3 Å². The Balaban J connectivity index is 1.37. The molecule has 4 rings (SSSR count). The van der Waals surface area contributed by atoms with Crippen LogP contribution in [0.2, 0.25) is 5.02 Å². The lowest BCUT2D eigenvalue weighted by atomic mass is 10.1. The van der Waals surface area contributed by atoms with E-state index in [4.69, 9.17) is 16.3 Å². The highest BCUT2D eigenvalue weighted by Crippen LogP contribution is 2.24. The molecule has 0 saturated heterocycles. The molecule has 0 unspecified atom stereocenters. The molecule has 2 aromatic heterocycles. The van der Waals surface area contributed by atoms with Crippen LogP contribution in [0.25, 0.3) is 11.3 Å². The highest BCUT2D eigenvalue weighted by molar-refractivity contribution is 6.30. The normalized spacial score (nSPS) is 14.2. The number of rotatable bonds is 6. The van der Waals surface area contributed by atoms with Crippen molar-refractivity contribution in [3.05, 3.63) is 64.9 Å². The van der Waals surface area contributed by atoms with Crippen LogP contribution in [-0.2, 0) is 6.54 Å². The Hall–Kier alpha value is -2.86. The summed E-state index contributed by atoms with van der Waals surface area (Å²) in [5.41, 5.74) is 2.90. The summed E-state index contributed by atoms with van der Waals surface area (Å²) < 4.78 is 5.87. The standard InChI is InChI=1S/C21H21ClN4O2/c22-16-8-6-15(7-9-16)20-18(13-25-26-20)21(27)24-12-14-5-10-19(23-11-14)28-17-3-1-2-4-17/h5-11,13,17H,1-4,12H2,(H,24,27)(H,25,26). The largest absolute Gasteiger partial charge is 0.474 e. The number of benzene rings is 1. The topological polar surface area (TPSA) is 79.9 Å². The third-order valence-corrected chi connectivity index (χ3v) is 5.11. The van der Waals surface area contributed by atoms with E-state index in [-0.39, 0.29) is 12.0 Å². The average molecular weight is 397 g/mol. The molecule has 28 heavy (non-hydrogen) atoms. The number of carbonyl (C=O) groups excluding carboxylic acids is 1. The second kappa shape index (κ2) is 8.44. The quantitative estimate of drug-likeness (QED) is 0.648. The molecular weight excluding hydrogens is 376 g/mol. The number of nitrogens with one attached hydrogen (secondary N) is 2. The molecule has 7 heteroatoms. The van der Waals surface area contributed by atoms with Crippen molar-refractivity contribution in [1.82, 2.24) is 20.5 Å².